The summed E-state index contributed by atoms with van der Waals surface area (Å²) in [5.41, 5.74) is 0. The highest BCUT2D eigenvalue weighted by Gasteiger charge is 2.23. The second-order valence-electron chi connectivity index (χ2n) is 3.89. The second-order valence-corrected chi connectivity index (χ2v) is 6.85. The minimum Gasteiger partial charge on any atom is -0.348 e. The number of hydrogen-bond donors (Lipinski definition) is 0. The molecule has 0 fully saturated rings. The molecule has 0 N–H and O–H groups in total. The smallest absolute Gasteiger partial charge is 0.244 e. The molecule has 8 heteroatoms. The summed E-state index contributed by atoms with van der Waals surface area (Å²) in [6.45, 7) is -0.207. The zero-order chi connectivity index (χ0) is 13.9. The van der Waals surface area contributed by atoms with Gasteiger partial charge in [-0.25, -0.2) is 8.42 Å². The minimum absolute atomic E-state index is 0.0472. The van der Waals surface area contributed by atoms with Crippen molar-refractivity contribution in [1.29, 1.82) is 0 Å². The molecular formula is C10H14BrN3O3S. The van der Waals surface area contributed by atoms with Gasteiger partial charge in [-0.3, -0.25) is 9.78 Å². The molecule has 0 saturated heterocycles. The van der Waals surface area contributed by atoms with Gasteiger partial charge in [0.15, 0.2) is 0 Å². The van der Waals surface area contributed by atoms with Crippen molar-refractivity contribution in [3.63, 3.8) is 0 Å². The maximum atomic E-state index is 12.1. The van der Waals surface area contributed by atoms with Gasteiger partial charge in [0.1, 0.15) is 4.90 Å². The average molecular weight is 336 g/mol. The van der Waals surface area contributed by atoms with Crippen LogP contribution in [0.1, 0.15) is 0 Å². The minimum atomic E-state index is -3.70. The van der Waals surface area contributed by atoms with Gasteiger partial charge in [-0.1, -0.05) is 0 Å². The molecule has 0 aliphatic rings. The number of rotatable bonds is 4. The van der Waals surface area contributed by atoms with E-state index in [0.29, 0.717) is 4.47 Å². The molecule has 1 aromatic heterocycles. The molecule has 18 heavy (non-hydrogen) atoms. The number of aromatic nitrogens is 1. The van der Waals surface area contributed by atoms with Gasteiger partial charge in [0, 0.05) is 38.0 Å². The van der Waals surface area contributed by atoms with Crippen LogP contribution in [0, 0.1) is 0 Å². The van der Waals surface area contributed by atoms with Crippen LogP contribution in [0.2, 0.25) is 0 Å². The molecule has 6 nitrogen and oxygen atoms in total. The highest BCUT2D eigenvalue weighted by molar-refractivity contribution is 9.10. The molecule has 0 aromatic carbocycles. The number of hydrogen-bond acceptors (Lipinski definition) is 4. The van der Waals surface area contributed by atoms with Crippen LogP contribution in [0.3, 0.4) is 0 Å². The summed E-state index contributed by atoms with van der Waals surface area (Å²) in [7, 11) is 0.808. The first kappa shape index (κ1) is 15.1. The molecule has 1 heterocycles. The summed E-state index contributed by atoms with van der Waals surface area (Å²) in [6, 6.07) is 1.44. The third-order valence-electron chi connectivity index (χ3n) is 2.24. The van der Waals surface area contributed by atoms with E-state index in [-0.39, 0.29) is 17.3 Å². The summed E-state index contributed by atoms with van der Waals surface area (Å²) >= 11 is 3.16. The van der Waals surface area contributed by atoms with E-state index in [2.05, 4.69) is 20.9 Å². The Balaban J connectivity index is 2.97. The molecule has 100 valence electrons. The molecule has 0 radical (unpaired) electrons. The zero-order valence-electron chi connectivity index (χ0n) is 10.3. The lowest BCUT2D eigenvalue weighted by molar-refractivity contribution is -0.128. The number of pyridine rings is 1. The van der Waals surface area contributed by atoms with Crippen LogP contribution in [0.5, 0.6) is 0 Å². The van der Waals surface area contributed by atoms with Crippen LogP contribution < -0.4 is 0 Å². The van der Waals surface area contributed by atoms with Gasteiger partial charge in [-0.2, -0.15) is 4.31 Å². The Morgan fingerprint density at radius 2 is 1.94 bits per heavy atom. The topological polar surface area (TPSA) is 70.6 Å². The molecular weight excluding hydrogens is 322 g/mol. The summed E-state index contributed by atoms with van der Waals surface area (Å²) in [4.78, 5) is 16.7. The summed E-state index contributed by atoms with van der Waals surface area (Å²) in [5, 5.41) is 0. The average Bonchev–Trinajstić information content (AvgIpc) is 2.28. The van der Waals surface area contributed by atoms with Gasteiger partial charge in [0.05, 0.1) is 6.54 Å². The molecule has 1 rings (SSSR count). The van der Waals surface area contributed by atoms with E-state index in [1.165, 1.54) is 30.4 Å². The molecule has 0 aliphatic heterocycles. The lowest BCUT2D eigenvalue weighted by atomic mass is 10.5. The van der Waals surface area contributed by atoms with Gasteiger partial charge < -0.3 is 4.90 Å². The molecule has 0 atom stereocenters. The maximum Gasteiger partial charge on any atom is 0.244 e. The van der Waals surface area contributed by atoms with Crippen molar-refractivity contribution in [3.8, 4) is 0 Å². The van der Waals surface area contributed by atoms with Crippen LogP contribution in [0.4, 0.5) is 0 Å². The van der Waals surface area contributed by atoms with E-state index < -0.39 is 10.0 Å². The lowest BCUT2D eigenvalue weighted by Gasteiger charge is -2.18. The van der Waals surface area contributed by atoms with Crippen molar-refractivity contribution in [3.05, 3.63) is 22.9 Å². The van der Waals surface area contributed by atoms with E-state index in [9.17, 15) is 13.2 Å². The molecule has 0 saturated carbocycles. The Bertz CT molecular complexity index is 545. The van der Waals surface area contributed by atoms with Crippen molar-refractivity contribution in [2.75, 3.05) is 27.7 Å². The molecule has 0 bridgehead atoms. The summed E-state index contributed by atoms with van der Waals surface area (Å²) in [5.74, 6) is -0.288. The number of sulfonamides is 1. The van der Waals surface area contributed by atoms with Crippen LogP contribution >= 0.6 is 15.9 Å². The third kappa shape index (κ3) is 3.50. The number of halogens is 1. The summed E-state index contributed by atoms with van der Waals surface area (Å²) in [6.07, 6.45) is 2.74. The lowest BCUT2D eigenvalue weighted by Crippen LogP contribution is -2.37. The summed E-state index contributed by atoms with van der Waals surface area (Å²) < 4.78 is 25.8. The largest absolute Gasteiger partial charge is 0.348 e. The fourth-order valence-electron chi connectivity index (χ4n) is 1.13. The Morgan fingerprint density at radius 3 is 2.44 bits per heavy atom. The number of amides is 1. The van der Waals surface area contributed by atoms with E-state index in [0.717, 1.165) is 4.31 Å². The monoisotopic (exact) mass is 335 g/mol. The van der Waals surface area contributed by atoms with Gasteiger partial charge in [0.25, 0.3) is 0 Å². The normalized spacial score (nSPS) is 11.6. The first-order valence-electron chi connectivity index (χ1n) is 5.02. The zero-order valence-corrected chi connectivity index (χ0v) is 12.7. The van der Waals surface area contributed by atoms with Crippen molar-refractivity contribution >= 4 is 31.9 Å². The second kappa shape index (κ2) is 5.77. The third-order valence-corrected chi connectivity index (χ3v) is 4.45. The van der Waals surface area contributed by atoms with Crippen LogP contribution in [0.15, 0.2) is 27.8 Å². The first-order valence-corrected chi connectivity index (χ1v) is 7.25. The Kier molecular flexibility index (Phi) is 4.83. The molecule has 0 aliphatic carbocycles. The van der Waals surface area contributed by atoms with Crippen molar-refractivity contribution in [1.82, 2.24) is 14.2 Å². The first-order chi connectivity index (χ1) is 8.25. The molecule has 1 aromatic rings. The van der Waals surface area contributed by atoms with E-state index in [1.807, 2.05) is 0 Å². The highest BCUT2D eigenvalue weighted by atomic mass is 79.9. The number of carbonyl (C=O) groups excluding carboxylic acids is 1. The number of nitrogens with zero attached hydrogens (tertiary/aromatic N) is 3. The van der Waals surface area contributed by atoms with Crippen molar-refractivity contribution < 1.29 is 13.2 Å². The van der Waals surface area contributed by atoms with E-state index in [1.54, 1.807) is 14.1 Å². The fraction of sp³-hybridized carbons (Fsp3) is 0.400. The molecule has 0 spiro atoms. The van der Waals surface area contributed by atoms with Crippen LogP contribution in [-0.4, -0.2) is 56.2 Å². The highest BCUT2D eigenvalue weighted by Crippen LogP contribution is 2.17. The Labute approximate surface area is 115 Å². The van der Waals surface area contributed by atoms with Gasteiger partial charge >= 0.3 is 0 Å². The maximum absolute atomic E-state index is 12.1. The SMILES string of the molecule is CN(C)C(=O)CN(C)S(=O)(=O)c1cncc(Br)c1. The van der Waals surface area contributed by atoms with E-state index in [4.69, 9.17) is 0 Å². The Hall–Kier alpha value is -0.990. The van der Waals surface area contributed by atoms with Crippen molar-refractivity contribution in [2.24, 2.45) is 0 Å². The van der Waals surface area contributed by atoms with E-state index >= 15 is 0 Å². The number of likely N-dealkylation sites (N-methyl/N-ethyl adjacent to an activating group) is 2. The standard InChI is InChI=1S/C10H14BrN3O3S/c1-13(2)10(15)7-14(3)18(16,17)9-4-8(11)5-12-6-9/h4-6H,7H2,1-3H3. The number of carbonyl (C=O) groups is 1. The molecule has 1 amide bonds. The Morgan fingerprint density at radius 1 is 1.33 bits per heavy atom. The van der Waals surface area contributed by atoms with Gasteiger partial charge in [-0.15, -0.1) is 0 Å². The molecule has 0 unspecified atom stereocenters. The van der Waals surface area contributed by atoms with Crippen molar-refractivity contribution in [2.45, 2.75) is 4.90 Å². The predicted octanol–water partition coefficient (Wildman–Crippen LogP) is 0.553. The van der Waals surface area contributed by atoms with Gasteiger partial charge in [-0.05, 0) is 22.0 Å². The van der Waals surface area contributed by atoms with Crippen LogP contribution in [0.25, 0.3) is 0 Å². The van der Waals surface area contributed by atoms with Crippen LogP contribution in [-0.2, 0) is 14.8 Å². The van der Waals surface area contributed by atoms with Gasteiger partial charge in [0.2, 0.25) is 15.9 Å². The quantitative estimate of drug-likeness (QED) is 0.805. The predicted molar refractivity (Wildman–Crippen MR) is 70.4 cm³/mol. The fourth-order valence-corrected chi connectivity index (χ4v) is 2.76.